The molecular weight excluding hydrogens is 179 g/mol. The van der Waals surface area contributed by atoms with E-state index >= 15 is 0 Å². The van der Waals surface area contributed by atoms with Crippen LogP contribution >= 0.6 is 0 Å². The van der Waals surface area contributed by atoms with E-state index in [0.717, 1.165) is 0 Å². The van der Waals surface area contributed by atoms with Crippen molar-refractivity contribution in [3.63, 3.8) is 0 Å². The molecular formula is C12H14FO. The molecule has 1 aromatic carbocycles. The van der Waals surface area contributed by atoms with Gasteiger partial charge in [0.05, 0.1) is 0 Å². The van der Waals surface area contributed by atoms with Gasteiger partial charge < -0.3 is 4.74 Å². The Balaban J connectivity index is 2.78. The second kappa shape index (κ2) is 4.27. The quantitative estimate of drug-likeness (QED) is 0.715. The van der Waals surface area contributed by atoms with E-state index in [1.165, 1.54) is 12.1 Å². The van der Waals surface area contributed by atoms with E-state index in [9.17, 15) is 4.39 Å². The minimum atomic E-state index is -0.463. The zero-order chi connectivity index (χ0) is 10.6. The van der Waals surface area contributed by atoms with Crippen LogP contribution in [0.3, 0.4) is 0 Å². The molecule has 0 aliphatic heterocycles. The smallest absolute Gasteiger partial charge is 0.126 e. The predicted molar refractivity (Wildman–Crippen MR) is 55.6 cm³/mol. The Morgan fingerprint density at radius 1 is 1.43 bits per heavy atom. The van der Waals surface area contributed by atoms with E-state index in [1.807, 2.05) is 19.9 Å². The van der Waals surface area contributed by atoms with E-state index in [2.05, 4.69) is 6.92 Å². The minimum absolute atomic E-state index is 0.295. The highest BCUT2D eigenvalue weighted by molar-refractivity contribution is 5.24. The molecule has 0 unspecified atom stereocenters. The molecule has 0 heterocycles. The molecule has 1 aromatic rings. The molecule has 0 amide bonds. The summed E-state index contributed by atoms with van der Waals surface area (Å²) in [7, 11) is 0. The molecule has 75 valence electrons. The van der Waals surface area contributed by atoms with Crippen molar-refractivity contribution in [1.29, 1.82) is 0 Å². The largest absolute Gasteiger partial charge is 0.484 e. The fourth-order valence-electron chi connectivity index (χ4n) is 1.15. The lowest BCUT2D eigenvalue weighted by molar-refractivity contribution is 0.161. The van der Waals surface area contributed by atoms with E-state index in [-0.39, 0.29) is 5.82 Å². The molecule has 0 aromatic heterocycles. The summed E-state index contributed by atoms with van der Waals surface area (Å²) in [6, 6.07) is 6.09. The van der Waals surface area contributed by atoms with Crippen LogP contribution in [0.1, 0.15) is 13.8 Å². The highest BCUT2D eigenvalue weighted by Gasteiger charge is 2.14. The number of ether oxygens (including phenoxy) is 1. The summed E-state index contributed by atoms with van der Waals surface area (Å²) < 4.78 is 18.4. The maximum atomic E-state index is 12.8. The lowest BCUT2D eigenvalue weighted by Gasteiger charge is -2.22. The van der Waals surface area contributed by atoms with Crippen molar-refractivity contribution in [2.45, 2.75) is 19.4 Å². The molecule has 0 aliphatic carbocycles. The molecule has 1 radical (unpaired) electrons. The maximum Gasteiger partial charge on any atom is 0.126 e. The molecule has 14 heavy (non-hydrogen) atoms. The SMILES string of the molecule is [CH2]C=CC(C)(C)Oc1cccc(F)c1. The topological polar surface area (TPSA) is 9.23 Å². The van der Waals surface area contributed by atoms with Crippen LogP contribution in [0.2, 0.25) is 0 Å². The molecule has 0 fully saturated rings. The van der Waals surface area contributed by atoms with Gasteiger partial charge in [-0.3, -0.25) is 0 Å². The van der Waals surface area contributed by atoms with Crippen molar-refractivity contribution in [3.05, 3.63) is 49.2 Å². The minimum Gasteiger partial charge on any atom is -0.484 e. The van der Waals surface area contributed by atoms with Crippen LogP contribution in [0.4, 0.5) is 4.39 Å². The first-order valence-corrected chi connectivity index (χ1v) is 4.45. The van der Waals surface area contributed by atoms with E-state index in [4.69, 9.17) is 4.74 Å². The summed E-state index contributed by atoms with van der Waals surface area (Å²) in [6.07, 6.45) is 3.48. The lowest BCUT2D eigenvalue weighted by Crippen LogP contribution is -2.24. The van der Waals surface area contributed by atoms with Gasteiger partial charge in [0.2, 0.25) is 0 Å². The summed E-state index contributed by atoms with van der Waals surface area (Å²) in [5.41, 5.74) is -0.463. The Morgan fingerprint density at radius 2 is 2.14 bits per heavy atom. The van der Waals surface area contributed by atoms with Crippen molar-refractivity contribution < 1.29 is 9.13 Å². The number of rotatable bonds is 3. The summed E-state index contributed by atoms with van der Waals surface area (Å²) in [4.78, 5) is 0. The van der Waals surface area contributed by atoms with E-state index in [0.29, 0.717) is 5.75 Å². The van der Waals surface area contributed by atoms with Gasteiger partial charge in [-0.15, -0.1) is 0 Å². The number of halogens is 1. The van der Waals surface area contributed by atoms with Crippen LogP contribution in [-0.2, 0) is 0 Å². The van der Waals surface area contributed by atoms with Gasteiger partial charge in [-0.25, -0.2) is 4.39 Å². The normalized spacial score (nSPS) is 12.0. The predicted octanol–water partition coefficient (Wildman–Crippen LogP) is 3.37. The first-order valence-electron chi connectivity index (χ1n) is 4.45. The van der Waals surface area contributed by atoms with Gasteiger partial charge in [-0.1, -0.05) is 12.1 Å². The molecule has 1 nitrogen and oxygen atoms in total. The van der Waals surface area contributed by atoms with Crippen molar-refractivity contribution >= 4 is 0 Å². The molecule has 0 saturated heterocycles. The molecule has 0 N–H and O–H groups in total. The fraction of sp³-hybridized carbons (Fsp3) is 0.250. The second-order valence-electron chi connectivity index (χ2n) is 3.57. The van der Waals surface area contributed by atoms with Gasteiger partial charge in [0.25, 0.3) is 0 Å². The number of hydrogen-bond donors (Lipinski definition) is 0. The molecule has 1 rings (SSSR count). The third-order valence-electron chi connectivity index (χ3n) is 1.70. The highest BCUT2D eigenvalue weighted by atomic mass is 19.1. The van der Waals surface area contributed by atoms with E-state index < -0.39 is 5.60 Å². The Morgan fingerprint density at radius 3 is 2.71 bits per heavy atom. The Bertz CT molecular complexity index is 329. The zero-order valence-electron chi connectivity index (χ0n) is 8.46. The van der Waals surface area contributed by atoms with Gasteiger partial charge in [0.1, 0.15) is 17.2 Å². The summed E-state index contributed by atoms with van der Waals surface area (Å²) in [6.45, 7) is 7.37. The van der Waals surface area contributed by atoms with Crippen LogP contribution in [-0.4, -0.2) is 5.60 Å². The summed E-state index contributed by atoms with van der Waals surface area (Å²) >= 11 is 0. The third kappa shape index (κ3) is 3.21. The van der Waals surface area contributed by atoms with Crippen LogP contribution in [0.5, 0.6) is 5.75 Å². The van der Waals surface area contributed by atoms with Crippen molar-refractivity contribution in [2.75, 3.05) is 0 Å². The first kappa shape index (κ1) is 10.8. The second-order valence-corrected chi connectivity index (χ2v) is 3.57. The van der Waals surface area contributed by atoms with Gasteiger partial charge in [-0.2, -0.15) is 0 Å². The molecule has 0 bridgehead atoms. The molecule has 0 atom stereocenters. The van der Waals surface area contributed by atoms with Gasteiger partial charge >= 0.3 is 0 Å². The Kier molecular flexibility index (Phi) is 3.28. The average molecular weight is 193 g/mol. The van der Waals surface area contributed by atoms with Crippen LogP contribution in [0, 0.1) is 12.7 Å². The van der Waals surface area contributed by atoms with E-state index in [1.54, 1.807) is 18.2 Å². The molecule has 2 heteroatoms. The Hall–Kier alpha value is -1.31. The van der Waals surface area contributed by atoms with Crippen LogP contribution < -0.4 is 4.74 Å². The zero-order valence-corrected chi connectivity index (χ0v) is 8.46. The van der Waals surface area contributed by atoms with Crippen LogP contribution in [0.25, 0.3) is 0 Å². The fourth-order valence-corrected chi connectivity index (χ4v) is 1.15. The van der Waals surface area contributed by atoms with Gasteiger partial charge in [0.15, 0.2) is 0 Å². The Labute approximate surface area is 84.2 Å². The molecule has 0 aliphatic rings. The maximum absolute atomic E-state index is 12.8. The number of hydrogen-bond acceptors (Lipinski definition) is 1. The van der Waals surface area contributed by atoms with Crippen molar-refractivity contribution in [1.82, 2.24) is 0 Å². The van der Waals surface area contributed by atoms with Crippen molar-refractivity contribution in [2.24, 2.45) is 0 Å². The summed E-state index contributed by atoms with van der Waals surface area (Å²) in [5, 5.41) is 0. The van der Waals surface area contributed by atoms with Gasteiger partial charge in [0, 0.05) is 6.07 Å². The van der Waals surface area contributed by atoms with Crippen molar-refractivity contribution in [3.8, 4) is 5.75 Å². The lowest BCUT2D eigenvalue weighted by atomic mass is 10.1. The average Bonchev–Trinajstić information content (AvgIpc) is 2.02. The summed E-state index contributed by atoms with van der Waals surface area (Å²) in [5.74, 6) is 0.227. The monoisotopic (exact) mass is 193 g/mol. The third-order valence-corrected chi connectivity index (χ3v) is 1.70. The highest BCUT2D eigenvalue weighted by Crippen LogP contribution is 2.19. The first-order chi connectivity index (χ1) is 6.53. The van der Waals surface area contributed by atoms with Gasteiger partial charge in [-0.05, 0) is 39.0 Å². The molecule has 0 spiro atoms. The number of benzene rings is 1. The standard InChI is InChI=1S/C12H14FO/c1-4-8-12(2,3)14-11-7-5-6-10(13)9-11/h4-9H,1H2,2-3H3. The molecule has 0 saturated carbocycles. The van der Waals surface area contributed by atoms with Crippen LogP contribution in [0.15, 0.2) is 36.4 Å². The number of allylic oxidation sites excluding steroid dienone is 1.